The Labute approximate surface area is 106 Å². The van der Waals surface area contributed by atoms with Crippen molar-refractivity contribution in [1.29, 1.82) is 0 Å². The molecule has 18 heavy (non-hydrogen) atoms. The van der Waals surface area contributed by atoms with Crippen LogP contribution in [0.1, 0.15) is 26.2 Å². The van der Waals surface area contributed by atoms with Gasteiger partial charge in [0.15, 0.2) is 11.6 Å². The maximum absolute atomic E-state index is 13.4. The molecule has 1 N–H and O–H groups in total. The monoisotopic (exact) mass is 255 g/mol. The maximum atomic E-state index is 13.4. The van der Waals surface area contributed by atoms with E-state index in [2.05, 4.69) is 12.2 Å². The molecule has 1 aromatic rings. The molecule has 0 radical (unpaired) electrons. The lowest BCUT2D eigenvalue weighted by molar-refractivity contribution is 0.239. The van der Waals surface area contributed by atoms with Gasteiger partial charge < -0.3 is 10.1 Å². The quantitative estimate of drug-likeness (QED) is 0.808. The van der Waals surface area contributed by atoms with E-state index < -0.39 is 11.6 Å². The number of halogens is 2. The Morgan fingerprint density at radius 3 is 2.83 bits per heavy atom. The molecule has 100 valence electrons. The smallest absolute Gasteiger partial charge is 0.165 e. The van der Waals surface area contributed by atoms with Gasteiger partial charge in [0, 0.05) is 12.1 Å². The van der Waals surface area contributed by atoms with Gasteiger partial charge in [0.25, 0.3) is 0 Å². The fraction of sp³-hybridized carbons (Fsp3) is 0.571. The summed E-state index contributed by atoms with van der Waals surface area (Å²) < 4.78 is 31.8. The summed E-state index contributed by atoms with van der Waals surface area (Å²) >= 11 is 0. The van der Waals surface area contributed by atoms with Crippen LogP contribution >= 0.6 is 0 Å². The van der Waals surface area contributed by atoms with Crippen LogP contribution in [0.2, 0.25) is 0 Å². The Morgan fingerprint density at radius 2 is 2.17 bits per heavy atom. The summed E-state index contributed by atoms with van der Waals surface area (Å²) in [6.45, 7) is 3.42. The van der Waals surface area contributed by atoms with E-state index in [0.29, 0.717) is 12.5 Å². The predicted octanol–water partition coefficient (Wildman–Crippen LogP) is 3.12. The molecule has 1 aliphatic rings. The van der Waals surface area contributed by atoms with Gasteiger partial charge in [0.1, 0.15) is 12.4 Å². The molecule has 2 nitrogen and oxygen atoms in total. The van der Waals surface area contributed by atoms with E-state index in [1.54, 1.807) is 0 Å². The molecule has 2 rings (SSSR count). The van der Waals surface area contributed by atoms with Crippen LogP contribution in [0.25, 0.3) is 0 Å². The molecule has 1 unspecified atom stereocenters. The first kappa shape index (κ1) is 13.3. The van der Waals surface area contributed by atoms with Crippen molar-refractivity contribution < 1.29 is 13.5 Å². The molecule has 1 saturated carbocycles. The topological polar surface area (TPSA) is 21.3 Å². The van der Waals surface area contributed by atoms with Crippen LogP contribution in [0.5, 0.6) is 5.75 Å². The van der Waals surface area contributed by atoms with Gasteiger partial charge in [-0.3, -0.25) is 0 Å². The highest BCUT2D eigenvalue weighted by molar-refractivity contribution is 5.24. The zero-order chi connectivity index (χ0) is 13.0. The molecule has 1 aromatic carbocycles. The Hall–Kier alpha value is -1.16. The highest BCUT2D eigenvalue weighted by atomic mass is 19.1. The summed E-state index contributed by atoms with van der Waals surface area (Å²) in [5.41, 5.74) is 0. The first-order chi connectivity index (χ1) is 8.70. The van der Waals surface area contributed by atoms with Gasteiger partial charge in [-0.2, -0.15) is 0 Å². The van der Waals surface area contributed by atoms with Crippen LogP contribution < -0.4 is 10.1 Å². The number of ether oxygens (including phenoxy) is 1. The Bertz CT molecular complexity index is 393. The van der Waals surface area contributed by atoms with E-state index in [4.69, 9.17) is 4.74 Å². The third kappa shape index (κ3) is 3.67. The first-order valence-electron chi connectivity index (χ1n) is 6.52. The summed E-state index contributed by atoms with van der Waals surface area (Å²) in [7, 11) is 0. The van der Waals surface area contributed by atoms with E-state index in [-0.39, 0.29) is 11.8 Å². The van der Waals surface area contributed by atoms with Crippen LogP contribution in [0.4, 0.5) is 8.78 Å². The minimum atomic E-state index is -0.513. The predicted molar refractivity (Wildman–Crippen MR) is 66.7 cm³/mol. The van der Waals surface area contributed by atoms with Gasteiger partial charge in [-0.05, 0) is 43.9 Å². The van der Waals surface area contributed by atoms with Gasteiger partial charge in [0.2, 0.25) is 0 Å². The molecule has 1 atom stereocenters. The lowest BCUT2D eigenvalue weighted by atomic mass is 10.2. The van der Waals surface area contributed by atoms with Crippen molar-refractivity contribution in [3.63, 3.8) is 0 Å². The lowest BCUT2D eigenvalue weighted by Crippen LogP contribution is -2.37. The van der Waals surface area contributed by atoms with Crippen LogP contribution in [0, 0.1) is 17.6 Å². The fourth-order valence-corrected chi connectivity index (χ4v) is 1.96. The molecule has 0 aromatic heterocycles. The average molecular weight is 255 g/mol. The molecular formula is C14H19F2NO. The Morgan fingerprint density at radius 1 is 1.39 bits per heavy atom. The number of nitrogens with one attached hydrogen (secondary N) is 1. The maximum Gasteiger partial charge on any atom is 0.165 e. The van der Waals surface area contributed by atoms with Crippen molar-refractivity contribution in [3.05, 3.63) is 29.8 Å². The number of rotatable bonds is 7. The number of hydrogen-bond acceptors (Lipinski definition) is 2. The first-order valence-corrected chi connectivity index (χ1v) is 6.52. The standard InChI is InChI=1S/C14H19F2NO/c1-2-7-17-13(10-3-4-10)9-18-14-8-11(15)5-6-12(14)16/h5-6,8,10,13,17H,2-4,7,9H2,1H3. The second-order valence-electron chi connectivity index (χ2n) is 4.78. The molecule has 1 fully saturated rings. The molecule has 0 heterocycles. The van der Waals surface area contributed by atoms with Gasteiger partial charge in [-0.25, -0.2) is 8.78 Å². The zero-order valence-corrected chi connectivity index (χ0v) is 10.6. The summed E-state index contributed by atoms with van der Waals surface area (Å²) in [5, 5.41) is 3.39. The zero-order valence-electron chi connectivity index (χ0n) is 10.6. The summed E-state index contributed by atoms with van der Waals surface area (Å²) in [4.78, 5) is 0. The summed E-state index contributed by atoms with van der Waals surface area (Å²) in [6, 6.07) is 3.53. The molecule has 0 spiro atoms. The van der Waals surface area contributed by atoms with Crippen molar-refractivity contribution in [3.8, 4) is 5.75 Å². The Balaban J connectivity index is 1.89. The lowest BCUT2D eigenvalue weighted by Gasteiger charge is -2.18. The molecule has 0 saturated heterocycles. The summed E-state index contributed by atoms with van der Waals surface area (Å²) in [5.74, 6) is -0.371. The van der Waals surface area contributed by atoms with Crippen LogP contribution in [0.15, 0.2) is 18.2 Å². The van der Waals surface area contributed by atoms with Crippen molar-refractivity contribution in [2.45, 2.75) is 32.2 Å². The van der Waals surface area contributed by atoms with Crippen LogP contribution in [-0.4, -0.2) is 19.2 Å². The van der Waals surface area contributed by atoms with Gasteiger partial charge in [-0.15, -0.1) is 0 Å². The normalized spacial score (nSPS) is 16.6. The second kappa shape index (κ2) is 6.14. The van der Waals surface area contributed by atoms with E-state index in [0.717, 1.165) is 31.2 Å². The van der Waals surface area contributed by atoms with Crippen LogP contribution in [-0.2, 0) is 0 Å². The highest BCUT2D eigenvalue weighted by Gasteiger charge is 2.31. The largest absolute Gasteiger partial charge is 0.489 e. The molecule has 0 aliphatic heterocycles. The van der Waals surface area contributed by atoms with Gasteiger partial charge in [0.05, 0.1) is 0 Å². The van der Waals surface area contributed by atoms with Gasteiger partial charge >= 0.3 is 0 Å². The summed E-state index contributed by atoms with van der Waals surface area (Å²) in [6.07, 6.45) is 3.43. The molecular weight excluding hydrogens is 236 g/mol. The number of hydrogen-bond donors (Lipinski definition) is 1. The van der Waals surface area contributed by atoms with E-state index in [9.17, 15) is 8.78 Å². The molecule has 0 bridgehead atoms. The minimum absolute atomic E-state index is 0.000974. The van der Waals surface area contributed by atoms with Crippen molar-refractivity contribution >= 4 is 0 Å². The van der Waals surface area contributed by atoms with E-state index >= 15 is 0 Å². The minimum Gasteiger partial charge on any atom is -0.489 e. The molecule has 0 amide bonds. The van der Waals surface area contributed by atoms with Crippen molar-refractivity contribution in [2.75, 3.05) is 13.2 Å². The third-order valence-corrected chi connectivity index (χ3v) is 3.16. The fourth-order valence-electron chi connectivity index (χ4n) is 1.96. The van der Waals surface area contributed by atoms with Gasteiger partial charge in [-0.1, -0.05) is 6.92 Å². The average Bonchev–Trinajstić information content (AvgIpc) is 3.17. The third-order valence-electron chi connectivity index (χ3n) is 3.16. The van der Waals surface area contributed by atoms with Crippen molar-refractivity contribution in [1.82, 2.24) is 5.32 Å². The van der Waals surface area contributed by atoms with E-state index in [1.165, 1.54) is 12.8 Å². The SMILES string of the molecule is CCCNC(COc1cc(F)ccc1F)C1CC1. The highest BCUT2D eigenvalue weighted by Crippen LogP contribution is 2.33. The number of benzene rings is 1. The molecule has 1 aliphatic carbocycles. The van der Waals surface area contributed by atoms with E-state index in [1.807, 2.05) is 0 Å². The van der Waals surface area contributed by atoms with Crippen molar-refractivity contribution in [2.24, 2.45) is 5.92 Å². The van der Waals surface area contributed by atoms with Crippen LogP contribution in [0.3, 0.4) is 0 Å². The second-order valence-corrected chi connectivity index (χ2v) is 4.78. The Kier molecular flexibility index (Phi) is 4.53. The molecule has 4 heteroatoms.